The van der Waals surface area contributed by atoms with Gasteiger partial charge in [-0.2, -0.15) is 0 Å². The molecule has 1 aliphatic heterocycles. The molecule has 1 fully saturated rings. The predicted octanol–water partition coefficient (Wildman–Crippen LogP) is 2.56. The molecule has 1 heterocycles. The van der Waals surface area contributed by atoms with Crippen molar-refractivity contribution in [3.63, 3.8) is 0 Å². The van der Waals surface area contributed by atoms with Crippen LogP contribution in [0.1, 0.15) is 30.9 Å². The molecule has 1 amide bonds. The van der Waals surface area contributed by atoms with Crippen LogP contribution < -0.4 is 5.73 Å². The van der Waals surface area contributed by atoms with Gasteiger partial charge in [-0.25, -0.2) is 0 Å². The Kier molecular flexibility index (Phi) is 4.70. The van der Waals surface area contributed by atoms with Gasteiger partial charge in [0.25, 0.3) is 0 Å². The summed E-state index contributed by atoms with van der Waals surface area (Å²) in [6.45, 7) is 2.64. The summed E-state index contributed by atoms with van der Waals surface area (Å²) in [4.78, 5) is 14.7. The van der Waals surface area contributed by atoms with E-state index in [9.17, 15) is 4.79 Å². The zero-order valence-electron chi connectivity index (χ0n) is 11.9. The number of nitrogens with two attached hydrogens (primary N) is 1. The first-order chi connectivity index (χ1) is 9.42. The fourth-order valence-corrected chi connectivity index (χ4v) is 3.95. The molecule has 3 nitrogen and oxygen atoms in total. The number of carbonyl (C=O) groups is 1. The van der Waals surface area contributed by atoms with Gasteiger partial charge in [-0.15, -0.1) is 11.8 Å². The largest absolute Gasteiger partial charge is 0.389 e. The SMILES string of the molecule is CN(Cc1cccc(C(N)=S)c1)C(=O)C1(C)CCCS1. The smallest absolute Gasteiger partial charge is 0.238 e. The molecule has 1 unspecified atom stereocenters. The van der Waals surface area contributed by atoms with Crippen molar-refractivity contribution in [2.75, 3.05) is 12.8 Å². The molecule has 0 aliphatic carbocycles. The number of thiocarbonyl (C=S) groups is 1. The molecule has 0 spiro atoms. The van der Waals surface area contributed by atoms with Gasteiger partial charge < -0.3 is 10.6 Å². The predicted molar refractivity (Wildman–Crippen MR) is 88.9 cm³/mol. The summed E-state index contributed by atoms with van der Waals surface area (Å²) in [7, 11) is 1.86. The Labute approximate surface area is 129 Å². The number of thioether (sulfide) groups is 1. The molecule has 20 heavy (non-hydrogen) atoms. The van der Waals surface area contributed by atoms with Gasteiger partial charge in [-0.1, -0.05) is 30.4 Å². The molecule has 0 radical (unpaired) electrons. The number of benzene rings is 1. The van der Waals surface area contributed by atoms with E-state index in [1.54, 1.807) is 16.7 Å². The Hall–Kier alpha value is -1.07. The Morgan fingerprint density at radius 2 is 2.30 bits per heavy atom. The highest BCUT2D eigenvalue weighted by Crippen LogP contribution is 2.39. The third-order valence-corrected chi connectivity index (χ3v) is 5.39. The van der Waals surface area contributed by atoms with Crippen molar-refractivity contribution in [1.29, 1.82) is 0 Å². The molecule has 0 bridgehead atoms. The summed E-state index contributed by atoms with van der Waals surface area (Å²) in [6, 6.07) is 7.77. The molecule has 1 aromatic carbocycles. The van der Waals surface area contributed by atoms with E-state index < -0.39 is 0 Å². The van der Waals surface area contributed by atoms with Crippen LogP contribution in [-0.2, 0) is 11.3 Å². The fraction of sp³-hybridized carbons (Fsp3) is 0.467. The van der Waals surface area contributed by atoms with Gasteiger partial charge in [-0.3, -0.25) is 4.79 Å². The summed E-state index contributed by atoms with van der Waals surface area (Å²) in [5.41, 5.74) is 7.54. The lowest BCUT2D eigenvalue weighted by Crippen LogP contribution is -2.41. The molecule has 108 valence electrons. The third-order valence-electron chi connectivity index (χ3n) is 3.65. The van der Waals surface area contributed by atoms with Crippen molar-refractivity contribution < 1.29 is 4.79 Å². The molecular formula is C15H20N2OS2. The van der Waals surface area contributed by atoms with Crippen LogP contribution in [0, 0.1) is 0 Å². The minimum Gasteiger partial charge on any atom is -0.389 e. The van der Waals surface area contributed by atoms with E-state index in [0.717, 1.165) is 29.7 Å². The average molecular weight is 308 g/mol. The second kappa shape index (κ2) is 6.14. The van der Waals surface area contributed by atoms with Crippen LogP contribution in [0.5, 0.6) is 0 Å². The van der Waals surface area contributed by atoms with Gasteiger partial charge in [-0.05, 0) is 37.1 Å². The molecule has 0 saturated carbocycles. The van der Waals surface area contributed by atoms with Crippen molar-refractivity contribution in [3.8, 4) is 0 Å². The highest BCUT2D eigenvalue weighted by Gasteiger charge is 2.38. The van der Waals surface area contributed by atoms with Crippen molar-refractivity contribution in [3.05, 3.63) is 35.4 Å². The molecule has 1 aromatic rings. The van der Waals surface area contributed by atoms with Crippen molar-refractivity contribution in [2.45, 2.75) is 31.1 Å². The van der Waals surface area contributed by atoms with Crippen molar-refractivity contribution in [1.82, 2.24) is 4.90 Å². The molecule has 5 heteroatoms. The first kappa shape index (κ1) is 15.3. The Bertz CT molecular complexity index is 524. The summed E-state index contributed by atoms with van der Waals surface area (Å²) in [6.07, 6.45) is 2.09. The minimum absolute atomic E-state index is 0.209. The summed E-state index contributed by atoms with van der Waals surface area (Å²) in [5.74, 6) is 1.29. The van der Waals surface area contributed by atoms with Crippen LogP contribution in [0.3, 0.4) is 0 Å². The number of carbonyl (C=O) groups excluding carboxylic acids is 1. The Morgan fingerprint density at radius 1 is 1.55 bits per heavy atom. The zero-order chi connectivity index (χ0) is 14.8. The highest BCUT2D eigenvalue weighted by atomic mass is 32.2. The quantitative estimate of drug-likeness (QED) is 0.869. The highest BCUT2D eigenvalue weighted by molar-refractivity contribution is 8.01. The Balaban J connectivity index is 2.07. The second-order valence-corrected chi connectivity index (χ2v) is 7.45. The lowest BCUT2D eigenvalue weighted by molar-refractivity contribution is -0.132. The number of rotatable bonds is 4. The third kappa shape index (κ3) is 3.33. The minimum atomic E-state index is -0.254. The van der Waals surface area contributed by atoms with Gasteiger partial charge in [0.2, 0.25) is 5.91 Å². The molecule has 2 rings (SSSR count). The van der Waals surface area contributed by atoms with Crippen LogP contribution in [-0.4, -0.2) is 33.3 Å². The number of amides is 1. The Morgan fingerprint density at radius 3 is 2.90 bits per heavy atom. The average Bonchev–Trinajstić information content (AvgIpc) is 2.86. The summed E-state index contributed by atoms with van der Waals surface area (Å²) in [5, 5.41) is 0. The van der Waals surface area contributed by atoms with Gasteiger partial charge >= 0.3 is 0 Å². The van der Waals surface area contributed by atoms with Gasteiger partial charge in [0.05, 0.1) is 4.75 Å². The van der Waals surface area contributed by atoms with E-state index in [0.29, 0.717) is 11.5 Å². The molecule has 2 N–H and O–H groups in total. The van der Waals surface area contributed by atoms with E-state index in [1.807, 2.05) is 31.3 Å². The maximum Gasteiger partial charge on any atom is 0.238 e. The van der Waals surface area contributed by atoms with E-state index in [2.05, 4.69) is 6.92 Å². The van der Waals surface area contributed by atoms with E-state index in [4.69, 9.17) is 18.0 Å². The molecule has 1 atom stereocenters. The molecule has 1 saturated heterocycles. The number of hydrogen-bond donors (Lipinski definition) is 1. The van der Waals surface area contributed by atoms with Gasteiger partial charge in [0.1, 0.15) is 4.99 Å². The van der Waals surface area contributed by atoms with Crippen LogP contribution in [0.2, 0.25) is 0 Å². The molecule has 0 aromatic heterocycles. The second-order valence-electron chi connectivity index (χ2n) is 5.41. The summed E-state index contributed by atoms with van der Waals surface area (Å²) < 4.78 is -0.254. The number of nitrogens with zero attached hydrogens (tertiary/aromatic N) is 1. The fourth-order valence-electron chi connectivity index (χ4n) is 2.52. The van der Waals surface area contributed by atoms with Crippen molar-refractivity contribution >= 4 is 34.9 Å². The van der Waals surface area contributed by atoms with Crippen LogP contribution in [0.4, 0.5) is 0 Å². The van der Waals surface area contributed by atoms with E-state index in [1.165, 1.54) is 0 Å². The van der Waals surface area contributed by atoms with E-state index >= 15 is 0 Å². The molecular weight excluding hydrogens is 288 g/mol. The van der Waals surface area contributed by atoms with Gasteiger partial charge in [0, 0.05) is 19.2 Å². The molecule has 1 aliphatic rings. The maximum absolute atomic E-state index is 12.5. The zero-order valence-corrected chi connectivity index (χ0v) is 13.5. The number of hydrogen-bond acceptors (Lipinski definition) is 3. The first-order valence-corrected chi connectivity index (χ1v) is 8.10. The standard InChI is InChI=1S/C15H20N2OS2/c1-15(7-4-8-20-15)14(18)17(2)10-11-5-3-6-12(9-11)13(16)19/h3,5-6,9H,4,7-8,10H2,1-2H3,(H2,16,19). The topological polar surface area (TPSA) is 46.3 Å². The monoisotopic (exact) mass is 308 g/mol. The summed E-state index contributed by atoms with van der Waals surface area (Å²) >= 11 is 6.75. The van der Waals surface area contributed by atoms with Crippen LogP contribution >= 0.6 is 24.0 Å². The lowest BCUT2D eigenvalue weighted by Gasteiger charge is -2.28. The van der Waals surface area contributed by atoms with Crippen molar-refractivity contribution in [2.24, 2.45) is 5.73 Å². The van der Waals surface area contributed by atoms with Gasteiger partial charge in [0.15, 0.2) is 0 Å². The normalized spacial score (nSPS) is 21.7. The lowest BCUT2D eigenvalue weighted by atomic mass is 10.0. The maximum atomic E-state index is 12.5. The van der Waals surface area contributed by atoms with Crippen LogP contribution in [0.25, 0.3) is 0 Å². The van der Waals surface area contributed by atoms with E-state index in [-0.39, 0.29) is 10.7 Å². The first-order valence-electron chi connectivity index (χ1n) is 6.71. The van der Waals surface area contributed by atoms with Crippen LogP contribution in [0.15, 0.2) is 24.3 Å².